The van der Waals surface area contributed by atoms with E-state index in [1.54, 1.807) is 24.6 Å². The minimum absolute atomic E-state index is 0.182. The monoisotopic (exact) mass is 406 g/mol. The van der Waals surface area contributed by atoms with Crippen LogP contribution in [0.25, 0.3) is 0 Å². The van der Waals surface area contributed by atoms with Gasteiger partial charge in [0.05, 0.1) is 13.1 Å². The number of nitrogens with zero attached hydrogens (tertiary/aromatic N) is 4. The third-order valence-corrected chi connectivity index (χ3v) is 5.32. The number of hydrogen-bond acceptors (Lipinski definition) is 7. The zero-order valence-electron chi connectivity index (χ0n) is 16.4. The van der Waals surface area contributed by atoms with Gasteiger partial charge in [-0.1, -0.05) is 11.6 Å². The maximum atomic E-state index is 10.5. The molecular weight excluding hydrogens is 376 g/mol. The summed E-state index contributed by atoms with van der Waals surface area (Å²) in [4.78, 5) is 13.7. The molecule has 0 spiro atoms. The highest BCUT2D eigenvalue weighted by Crippen LogP contribution is 2.24. The Morgan fingerprint density at radius 3 is 1.71 bits per heavy atom. The quantitative estimate of drug-likeness (QED) is 0.554. The molecule has 154 valence electrons. The fourth-order valence-corrected chi connectivity index (χ4v) is 3.67. The van der Waals surface area contributed by atoms with Gasteiger partial charge in [-0.05, 0) is 12.1 Å². The smallest absolute Gasteiger partial charge is 0.133 e. The highest BCUT2D eigenvalue weighted by molar-refractivity contribution is 6.31. The van der Waals surface area contributed by atoms with Gasteiger partial charge >= 0.3 is 0 Å². The summed E-state index contributed by atoms with van der Waals surface area (Å²) >= 11 is 6.23. The van der Waals surface area contributed by atoms with Crippen LogP contribution in [0.1, 0.15) is 11.1 Å². The largest absolute Gasteiger partial charge is 0.507 e. The summed E-state index contributed by atoms with van der Waals surface area (Å²) in [6.07, 6.45) is 3.42. The summed E-state index contributed by atoms with van der Waals surface area (Å²) in [5, 5.41) is 17.8. The van der Waals surface area contributed by atoms with E-state index in [2.05, 4.69) is 30.4 Å². The molecule has 2 saturated heterocycles. The number of halogens is 1. The van der Waals surface area contributed by atoms with Gasteiger partial charge < -0.3 is 15.7 Å². The van der Waals surface area contributed by atoms with Gasteiger partial charge in [-0.15, -0.1) is 0 Å². The van der Waals surface area contributed by atoms with Crippen molar-refractivity contribution in [3.63, 3.8) is 0 Å². The molecule has 28 heavy (non-hydrogen) atoms. The molecule has 0 atom stereocenters. The molecule has 0 aliphatic carbocycles. The second-order valence-electron chi connectivity index (χ2n) is 7.19. The molecule has 0 radical (unpaired) electrons. The first-order valence-electron chi connectivity index (χ1n) is 10.1. The SMILES string of the molecule is Oc1c(C=NCCN2CCNCC2)cc(Cl)cc1C=NCCN1CCNCC1. The molecule has 7 nitrogen and oxygen atoms in total. The van der Waals surface area contributed by atoms with Crippen LogP contribution in [0.3, 0.4) is 0 Å². The molecule has 2 fully saturated rings. The lowest BCUT2D eigenvalue weighted by atomic mass is 10.1. The van der Waals surface area contributed by atoms with Crippen LogP contribution >= 0.6 is 11.6 Å². The van der Waals surface area contributed by atoms with Gasteiger partial charge in [0.1, 0.15) is 5.75 Å². The van der Waals surface area contributed by atoms with E-state index in [0.29, 0.717) is 29.2 Å². The van der Waals surface area contributed by atoms with Crippen molar-refractivity contribution in [1.29, 1.82) is 0 Å². The van der Waals surface area contributed by atoms with E-state index >= 15 is 0 Å². The zero-order valence-corrected chi connectivity index (χ0v) is 17.2. The number of hydrogen-bond donors (Lipinski definition) is 3. The lowest BCUT2D eigenvalue weighted by molar-refractivity contribution is 0.248. The van der Waals surface area contributed by atoms with Gasteiger partial charge in [0.2, 0.25) is 0 Å². The second kappa shape index (κ2) is 11.5. The Hall–Kier alpha value is -1.51. The molecule has 0 aromatic heterocycles. The molecule has 1 aromatic rings. The molecule has 3 N–H and O–H groups in total. The van der Waals surface area contributed by atoms with Crippen molar-refractivity contribution in [3.05, 3.63) is 28.3 Å². The summed E-state index contributed by atoms with van der Waals surface area (Å²) < 4.78 is 0. The van der Waals surface area contributed by atoms with Crippen LogP contribution in [-0.4, -0.2) is 106 Å². The van der Waals surface area contributed by atoms with Crippen LogP contribution in [0.4, 0.5) is 0 Å². The summed E-state index contributed by atoms with van der Waals surface area (Å²) in [6.45, 7) is 11.7. The molecule has 1 aromatic carbocycles. The van der Waals surface area contributed by atoms with E-state index in [-0.39, 0.29) is 5.75 Å². The summed E-state index contributed by atoms with van der Waals surface area (Å²) in [5.74, 6) is 0.182. The summed E-state index contributed by atoms with van der Waals surface area (Å²) in [5.41, 5.74) is 1.27. The zero-order chi connectivity index (χ0) is 19.6. The molecular formula is C20H31ClN6O. The van der Waals surface area contributed by atoms with Gasteiger partial charge in [-0.2, -0.15) is 0 Å². The van der Waals surface area contributed by atoms with E-state index < -0.39 is 0 Å². The van der Waals surface area contributed by atoms with Crippen LogP contribution in [0.5, 0.6) is 5.75 Å². The molecule has 0 bridgehead atoms. The number of phenols is 1. The fraction of sp³-hybridized carbons (Fsp3) is 0.600. The first-order chi connectivity index (χ1) is 13.7. The number of aromatic hydroxyl groups is 1. The molecule has 2 aliphatic heterocycles. The summed E-state index contributed by atoms with van der Waals surface area (Å²) in [7, 11) is 0. The van der Waals surface area contributed by atoms with Crippen LogP contribution in [-0.2, 0) is 0 Å². The third kappa shape index (κ3) is 6.83. The van der Waals surface area contributed by atoms with E-state index in [1.165, 1.54) is 0 Å². The van der Waals surface area contributed by atoms with Crippen LogP contribution < -0.4 is 10.6 Å². The third-order valence-electron chi connectivity index (χ3n) is 5.10. The van der Waals surface area contributed by atoms with Crippen molar-refractivity contribution in [1.82, 2.24) is 20.4 Å². The van der Waals surface area contributed by atoms with Crippen LogP contribution in [0.2, 0.25) is 5.02 Å². The van der Waals surface area contributed by atoms with Crippen molar-refractivity contribution in [3.8, 4) is 5.75 Å². The van der Waals surface area contributed by atoms with Crippen molar-refractivity contribution < 1.29 is 5.11 Å². The number of rotatable bonds is 8. The van der Waals surface area contributed by atoms with Gasteiger partial charge in [-0.3, -0.25) is 19.8 Å². The minimum Gasteiger partial charge on any atom is -0.507 e. The van der Waals surface area contributed by atoms with Gasteiger partial charge in [0.15, 0.2) is 0 Å². The van der Waals surface area contributed by atoms with Gasteiger partial charge in [0.25, 0.3) is 0 Å². The second-order valence-corrected chi connectivity index (χ2v) is 7.62. The average Bonchev–Trinajstić information content (AvgIpc) is 2.73. The first-order valence-corrected chi connectivity index (χ1v) is 10.5. The maximum Gasteiger partial charge on any atom is 0.133 e. The Morgan fingerprint density at radius 1 is 0.857 bits per heavy atom. The molecule has 8 heteroatoms. The average molecular weight is 407 g/mol. The molecule has 3 rings (SSSR count). The van der Waals surface area contributed by atoms with Crippen molar-refractivity contribution in [2.45, 2.75) is 0 Å². The first kappa shape index (κ1) is 21.2. The minimum atomic E-state index is 0.182. The molecule has 0 saturated carbocycles. The summed E-state index contributed by atoms with van der Waals surface area (Å²) in [6, 6.07) is 3.48. The predicted molar refractivity (Wildman–Crippen MR) is 117 cm³/mol. The van der Waals surface area contributed by atoms with E-state index in [0.717, 1.165) is 65.4 Å². The number of nitrogens with one attached hydrogen (secondary N) is 2. The lowest BCUT2D eigenvalue weighted by Gasteiger charge is -2.26. The van der Waals surface area contributed by atoms with Crippen molar-refractivity contribution in [2.75, 3.05) is 78.5 Å². The number of benzene rings is 1. The molecule has 2 aliphatic rings. The van der Waals surface area contributed by atoms with E-state index in [9.17, 15) is 5.11 Å². The molecule has 0 amide bonds. The maximum absolute atomic E-state index is 10.5. The van der Waals surface area contributed by atoms with Crippen molar-refractivity contribution in [2.24, 2.45) is 9.98 Å². The van der Waals surface area contributed by atoms with Crippen LogP contribution in [0, 0.1) is 0 Å². The van der Waals surface area contributed by atoms with Crippen LogP contribution in [0.15, 0.2) is 22.1 Å². The molecule has 2 heterocycles. The van der Waals surface area contributed by atoms with Crippen molar-refractivity contribution >= 4 is 24.0 Å². The van der Waals surface area contributed by atoms with Gasteiger partial charge in [-0.25, -0.2) is 0 Å². The predicted octanol–water partition coefficient (Wildman–Crippen LogP) is 0.694. The van der Waals surface area contributed by atoms with E-state index in [4.69, 9.17) is 11.6 Å². The Labute approximate surface area is 172 Å². The van der Waals surface area contributed by atoms with Gasteiger partial charge in [0, 0.05) is 94.0 Å². The Bertz CT molecular complexity index is 616. The topological polar surface area (TPSA) is 75.5 Å². The fourth-order valence-electron chi connectivity index (χ4n) is 3.43. The number of aliphatic imine (C=N–C) groups is 2. The normalized spacial score (nSPS) is 19.8. The van der Waals surface area contributed by atoms with E-state index in [1.807, 2.05) is 0 Å². The molecule has 0 unspecified atom stereocenters. The lowest BCUT2D eigenvalue weighted by Crippen LogP contribution is -2.44. The Balaban J connectivity index is 1.51. The standard InChI is InChI=1S/C20H31ClN6O/c21-19-13-17(15-24-5-11-26-7-1-22-2-8-26)20(28)18(14-19)16-25-6-12-27-9-3-23-4-10-27/h13-16,22-23,28H,1-12H2. The number of piperazine rings is 2. The highest BCUT2D eigenvalue weighted by atomic mass is 35.5. The Kier molecular flexibility index (Phi) is 8.70. The highest BCUT2D eigenvalue weighted by Gasteiger charge is 2.10. The number of phenolic OH excluding ortho intramolecular Hbond substituents is 1. The Morgan fingerprint density at radius 2 is 1.29 bits per heavy atom.